The molecule has 1 fully saturated rings. The summed E-state index contributed by atoms with van der Waals surface area (Å²) in [5, 5.41) is 0. The lowest BCUT2D eigenvalue weighted by Crippen LogP contribution is -2.44. The van der Waals surface area contributed by atoms with E-state index >= 15 is 0 Å². The summed E-state index contributed by atoms with van der Waals surface area (Å²) >= 11 is 0. The predicted molar refractivity (Wildman–Crippen MR) is 92.3 cm³/mol. The number of hydrogen-bond acceptors (Lipinski definition) is 4. The third-order valence-electron chi connectivity index (χ3n) is 5.21. The van der Waals surface area contributed by atoms with Crippen molar-refractivity contribution in [1.29, 1.82) is 0 Å². The molecule has 2 heterocycles. The Kier molecular flexibility index (Phi) is 5.41. The lowest BCUT2D eigenvalue weighted by molar-refractivity contribution is -0.186. The first-order chi connectivity index (χ1) is 13.0. The van der Waals surface area contributed by atoms with Crippen molar-refractivity contribution in [2.75, 3.05) is 19.6 Å². The van der Waals surface area contributed by atoms with Crippen LogP contribution >= 0.6 is 0 Å². The van der Waals surface area contributed by atoms with E-state index in [1.54, 1.807) is 6.07 Å². The highest BCUT2D eigenvalue weighted by Gasteiger charge is 2.43. The normalized spacial score (nSPS) is 19.3. The van der Waals surface area contributed by atoms with E-state index in [0.29, 0.717) is 23.3 Å². The lowest BCUT2D eigenvalue weighted by atomic mass is 9.98. The van der Waals surface area contributed by atoms with Crippen molar-refractivity contribution in [3.8, 4) is 0 Å². The van der Waals surface area contributed by atoms with Crippen LogP contribution in [0, 0.1) is 5.92 Å². The van der Waals surface area contributed by atoms with Crippen molar-refractivity contribution >= 4 is 21.8 Å². The molecule has 28 heavy (non-hydrogen) atoms. The van der Waals surface area contributed by atoms with Gasteiger partial charge in [0.15, 0.2) is 0 Å². The number of rotatable bonds is 3. The van der Waals surface area contributed by atoms with Gasteiger partial charge >= 0.3 is 12.1 Å². The van der Waals surface area contributed by atoms with Crippen molar-refractivity contribution in [2.45, 2.75) is 36.9 Å². The van der Waals surface area contributed by atoms with E-state index in [0.717, 1.165) is 5.56 Å². The quantitative estimate of drug-likeness (QED) is 0.791. The SMILES string of the molecule is NC(=O)C1CCN(S(=O)(=O)c2ccc3c(c2)CN(C(=O)C(F)(F)F)CC3)CC1. The molecule has 2 amide bonds. The molecule has 1 aromatic carbocycles. The number of nitrogens with two attached hydrogens (primary N) is 1. The van der Waals surface area contributed by atoms with E-state index in [1.165, 1.54) is 16.4 Å². The molecule has 154 valence electrons. The van der Waals surface area contributed by atoms with Crippen LogP contribution in [-0.4, -0.2) is 55.2 Å². The number of nitrogens with zero attached hydrogens (tertiary/aromatic N) is 2. The molecule has 0 bridgehead atoms. The maximum Gasteiger partial charge on any atom is 0.471 e. The molecule has 0 unspecified atom stereocenters. The molecule has 0 aromatic heterocycles. The number of carbonyl (C=O) groups is 2. The molecule has 2 N–H and O–H groups in total. The number of piperidine rings is 1. The van der Waals surface area contributed by atoms with Crippen molar-refractivity contribution in [2.24, 2.45) is 11.7 Å². The van der Waals surface area contributed by atoms with Crippen LogP contribution in [-0.2, 0) is 32.6 Å². The average molecular weight is 419 g/mol. The van der Waals surface area contributed by atoms with Crippen LogP contribution in [0.2, 0.25) is 0 Å². The molecule has 1 saturated heterocycles. The zero-order valence-electron chi connectivity index (χ0n) is 14.9. The molecule has 0 saturated carbocycles. The Bertz CT molecular complexity index is 893. The number of alkyl halides is 3. The summed E-state index contributed by atoms with van der Waals surface area (Å²) in [5.74, 6) is -2.75. The van der Waals surface area contributed by atoms with Crippen LogP contribution in [0.1, 0.15) is 24.0 Å². The maximum atomic E-state index is 12.9. The van der Waals surface area contributed by atoms with E-state index in [-0.39, 0.29) is 43.4 Å². The highest BCUT2D eigenvalue weighted by molar-refractivity contribution is 7.89. The Morgan fingerprint density at radius 2 is 1.71 bits per heavy atom. The molecule has 2 aliphatic rings. The van der Waals surface area contributed by atoms with Gasteiger partial charge in [0.05, 0.1) is 4.90 Å². The fourth-order valence-electron chi connectivity index (χ4n) is 3.58. The number of halogens is 3. The van der Waals surface area contributed by atoms with Gasteiger partial charge in [0.1, 0.15) is 0 Å². The molecular weight excluding hydrogens is 399 g/mol. The van der Waals surface area contributed by atoms with E-state index in [2.05, 4.69) is 0 Å². The summed E-state index contributed by atoms with van der Waals surface area (Å²) in [6.45, 7) is -0.0731. The minimum Gasteiger partial charge on any atom is -0.369 e. The largest absolute Gasteiger partial charge is 0.471 e. The standard InChI is InChI=1S/C17H20F3N3O4S/c18-17(19,20)16(25)22-6-3-11-1-2-14(9-13(11)10-22)28(26,27)23-7-4-12(5-8-23)15(21)24/h1-2,9,12H,3-8,10H2,(H2,21,24). The molecule has 11 heteroatoms. The fourth-order valence-corrected chi connectivity index (χ4v) is 5.10. The van der Waals surface area contributed by atoms with Gasteiger partial charge in [-0.15, -0.1) is 0 Å². The first-order valence-electron chi connectivity index (χ1n) is 8.77. The summed E-state index contributed by atoms with van der Waals surface area (Å²) in [7, 11) is -3.86. The fraction of sp³-hybridized carbons (Fsp3) is 0.529. The minimum atomic E-state index is -4.97. The smallest absolute Gasteiger partial charge is 0.369 e. The number of fused-ring (bicyclic) bond motifs is 1. The molecule has 7 nitrogen and oxygen atoms in total. The number of primary amides is 1. The number of amides is 2. The van der Waals surface area contributed by atoms with Gasteiger partial charge in [-0.2, -0.15) is 17.5 Å². The third kappa shape index (κ3) is 4.00. The molecule has 0 aliphatic carbocycles. The summed E-state index contributed by atoms with van der Waals surface area (Å²) in [6.07, 6.45) is -4.09. The second-order valence-corrected chi connectivity index (χ2v) is 8.92. The summed E-state index contributed by atoms with van der Waals surface area (Å²) < 4.78 is 65.0. The Balaban J connectivity index is 1.80. The molecule has 0 spiro atoms. The van der Waals surface area contributed by atoms with Crippen molar-refractivity contribution in [3.05, 3.63) is 29.3 Å². The molecular formula is C17H20F3N3O4S. The van der Waals surface area contributed by atoms with E-state index in [1.807, 2.05) is 0 Å². The van der Waals surface area contributed by atoms with Crippen molar-refractivity contribution in [1.82, 2.24) is 9.21 Å². The third-order valence-corrected chi connectivity index (χ3v) is 7.11. The molecule has 1 aromatic rings. The maximum absolute atomic E-state index is 12.9. The predicted octanol–water partition coefficient (Wildman–Crippen LogP) is 1.02. The Hall–Kier alpha value is -2.14. The lowest BCUT2D eigenvalue weighted by Gasteiger charge is -2.31. The summed E-state index contributed by atoms with van der Waals surface area (Å²) in [4.78, 5) is 23.4. The van der Waals surface area contributed by atoms with E-state index in [4.69, 9.17) is 5.73 Å². The van der Waals surface area contributed by atoms with Gasteiger partial charge in [-0.25, -0.2) is 8.42 Å². The Morgan fingerprint density at radius 3 is 2.29 bits per heavy atom. The van der Waals surface area contributed by atoms with Crippen LogP contribution in [0.15, 0.2) is 23.1 Å². The van der Waals surface area contributed by atoms with Gasteiger partial charge in [0.25, 0.3) is 0 Å². The van der Waals surface area contributed by atoms with Crippen LogP contribution in [0.3, 0.4) is 0 Å². The van der Waals surface area contributed by atoms with E-state index in [9.17, 15) is 31.2 Å². The molecule has 3 rings (SSSR count). The number of carbonyl (C=O) groups excluding carboxylic acids is 2. The van der Waals surface area contributed by atoms with Crippen molar-refractivity contribution < 1.29 is 31.2 Å². The Morgan fingerprint density at radius 1 is 1.07 bits per heavy atom. The summed E-state index contributed by atoms with van der Waals surface area (Å²) in [6, 6.07) is 4.34. The zero-order valence-corrected chi connectivity index (χ0v) is 15.7. The highest BCUT2D eigenvalue weighted by Crippen LogP contribution is 2.29. The van der Waals surface area contributed by atoms with Gasteiger partial charge in [-0.05, 0) is 42.5 Å². The second-order valence-electron chi connectivity index (χ2n) is 6.99. The van der Waals surface area contributed by atoms with Gasteiger partial charge in [0.2, 0.25) is 15.9 Å². The average Bonchev–Trinajstić information content (AvgIpc) is 2.65. The summed E-state index contributed by atoms with van der Waals surface area (Å²) in [5.41, 5.74) is 6.36. The second kappa shape index (κ2) is 7.36. The van der Waals surface area contributed by atoms with Crippen LogP contribution < -0.4 is 5.73 Å². The highest BCUT2D eigenvalue weighted by atomic mass is 32.2. The van der Waals surface area contributed by atoms with Gasteiger partial charge < -0.3 is 10.6 Å². The van der Waals surface area contributed by atoms with Gasteiger partial charge in [-0.1, -0.05) is 6.07 Å². The van der Waals surface area contributed by atoms with Crippen molar-refractivity contribution in [3.63, 3.8) is 0 Å². The molecule has 2 aliphatic heterocycles. The zero-order chi connectivity index (χ0) is 20.7. The first-order valence-corrected chi connectivity index (χ1v) is 10.2. The number of sulfonamides is 1. The first kappa shape index (κ1) is 20.6. The van der Waals surface area contributed by atoms with E-state index < -0.39 is 28.0 Å². The molecule has 0 atom stereocenters. The van der Waals surface area contributed by atoms with Gasteiger partial charge in [0, 0.05) is 32.1 Å². The number of hydrogen-bond donors (Lipinski definition) is 1. The Labute approximate surface area is 160 Å². The topological polar surface area (TPSA) is 101 Å². The monoisotopic (exact) mass is 419 g/mol. The molecule has 0 radical (unpaired) electrons. The minimum absolute atomic E-state index is 0.0370. The van der Waals surface area contributed by atoms with Gasteiger partial charge in [-0.3, -0.25) is 9.59 Å². The van der Waals surface area contributed by atoms with Crippen LogP contribution in [0.25, 0.3) is 0 Å². The number of benzene rings is 1. The van der Waals surface area contributed by atoms with Crippen LogP contribution in [0.4, 0.5) is 13.2 Å². The van der Waals surface area contributed by atoms with Crippen LogP contribution in [0.5, 0.6) is 0 Å².